The molecular formula is C37H43N9O3. The first-order valence-corrected chi connectivity index (χ1v) is 17.0. The highest BCUT2D eigenvalue weighted by molar-refractivity contribution is 6.04. The molecule has 3 amide bonds. The van der Waals surface area contributed by atoms with Crippen molar-refractivity contribution in [2.45, 2.75) is 71.6 Å². The zero-order valence-corrected chi connectivity index (χ0v) is 28.2. The zero-order chi connectivity index (χ0) is 34.3. The van der Waals surface area contributed by atoms with Crippen molar-refractivity contribution in [3.8, 4) is 0 Å². The smallest absolute Gasteiger partial charge is 0.275 e. The SMILES string of the molecule is CC[C@H](C)[C@@H]1NC(=O)CCCN(C(=O)c2nn(Cc3ccccc3)c3ncccc23)CCn2nc(C)nc2[C@H](Cc2ccccc2)NC1=O. The average molecular weight is 662 g/mol. The Morgan fingerprint density at radius 2 is 1.65 bits per heavy atom. The maximum atomic E-state index is 14.4. The molecule has 3 aromatic heterocycles. The Hall–Kier alpha value is -5.39. The van der Waals surface area contributed by atoms with Crippen molar-refractivity contribution in [1.29, 1.82) is 0 Å². The second-order valence-corrected chi connectivity index (χ2v) is 12.7. The van der Waals surface area contributed by atoms with Crippen LogP contribution in [0.1, 0.15) is 72.4 Å². The van der Waals surface area contributed by atoms with Crippen molar-refractivity contribution >= 4 is 28.8 Å². The molecule has 12 heteroatoms. The lowest BCUT2D eigenvalue weighted by Gasteiger charge is -2.28. The Balaban J connectivity index is 1.35. The van der Waals surface area contributed by atoms with Crippen molar-refractivity contribution in [3.05, 3.63) is 107 Å². The summed E-state index contributed by atoms with van der Waals surface area (Å²) in [5, 5.41) is 16.3. The lowest BCUT2D eigenvalue weighted by Crippen LogP contribution is -2.51. The predicted molar refractivity (Wildman–Crippen MR) is 185 cm³/mol. The summed E-state index contributed by atoms with van der Waals surface area (Å²) in [5.74, 6) is 0.326. The molecule has 12 nitrogen and oxygen atoms in total. The molecule has 0 aliphatic carbocycles. The number of aromatic nitrogens is 6. The molecule has 5 aromatic rings. The van der Waals surface area contributed by atoms with Gasteiger partial charge in [-0.2, -0.15) is 10.2 Å². The van der Waals surface area contributed by atoms with Crippen LogP contribution < -0.4 is 10.6 Å². The van der Waals surface area contributed by atoms with Crippen molar-refractivity contribution in [3.63, 3.8) is 0 Å². The van der Waals surface area contributed by atoms with Gasteiger partial charge >= 0.3 is 0 Å². The van der Waals surface area contributed by atoms with E-state index >= 15 is 0 Å². The van der Waals surface area contributed by atoms with Crippen molar-refractivity contribution in [1.82, 2.24) is 45.1 Å². The molecule has 1 aliphatic rings. The van der Waals surface area contributed by atoms with Crippen molar-refractivity contribution in [2.75, 3.05) is 13.1 Å². The molecule has 2 N–H and O–H groups in total. The highest BCUT2D eigenvalue weighted by Gasteiger charge is 2.31. The molecule has 49 heavy (non-hydrogen) atoms. The number of hydrogen-bond donors (Lipinski definition) is 2. The number of amides is 3. The third-order valence-corrected chi connectivity index (χ3v) is 9.11. The van der Waals surface area contributed by atoms with Gasteiger partial charge in [0.2, 0.25) is 11.8 Å². The van der Waals surface area contributed by atoms with Crippen LogP contribution in [0, 0.1) is 12.8 Å². The van der Waals surface area contributed by atoms with Crippen molar-refractivity contribution < 1.29 is 14.4 Å². The number of fused-ring (bicyclic) bond motifs is 2. The zero-order valence-electron chi connectivity index (χ0n) is 28.2. The summed E-state index contributed by atoms with van der Waals surface area (Å²) in [6, 6.07) is 22.3. The van der Waals surface area contributed by atoms with Crippen LogP contribution in [0.25, 0.3) is 11.0 Å². The molecular weight excluding hydrogens is 618 g/mol. The van der Waals surface area contributed by atoms with Gasteiger partial charge < -0.3 is 15.5 Å². The Morgan fingerprint density at radius 3 is 2.39 bits per heavy atom. The first-order valence-electron chi connectivity index (χ1n) is 17.0. The van der Waals surface area contributed by atoms with Crippen LogP contribution in [0.4, 0.5) is 0 Å². The fraction of sp³-hybridized carbons (Fsp3) is 0.378. The molecule has 0 saturated heterocycles. The first-order chi connectivity index (χ1) is 23.8. The van der Waals surface area contributed by atoms with Crippen molar-refractivity contribution in [2.24, 2.45) is 5.92 Å². The van der Waals surface area contributed by atoms with Gasteiger partial charge in [0, 0.05) is 25.7 Å². The van der Waals surface area contributed by atoms with Crippen LogP contribution in [0.15, 0.2) is 79.0 Å². The largest absolute Gasteiger partial charge is 0.344 e. The van der Waals surface area contributed by atoms with Crippen LogP contribution in [0.2, 0.25) is 0 Å². The molecule has 0 unspecified atom stereocenters. The number of carbonyl (C=O) groups excluding carboxylic acids is 3. The molecule has 4 heterocycles. The van der Waals surface area contributed by atoms with E-state index in [9.17, 15) is 14.4 Å². The number of hydrogen-bond acceptors (Lipinski definition) is 7. The summed E-state index contributed by atoms with van der Waals surface area (Å²) in [4.78, 5) is 52.5. The maximum Gasteiger partial charge on any atom is 0.275 e. The Morgan fingerprint density at radius 1 is 0.918 bits per heavy atom. The third-order valence-electron chi connectivity index (χ3n) is 9.11. The monoisotopic (exact) mass is 661 g/mol. The van der Waals surface area contributed by atoms with E-state index in [4.69, 9.17) is 15.2 Å². The lowest BCUT2D eigenvalue weighted by molar-refractivity contribution is -0.130. The number of benzene rings is 2. The van der Waals surface area contributed by atoms with Gasteiger partial charge in [-0.25, -0.2) is 19.3 Å². The molecule has 2 aromatic carbocycles. The van der Waals surface area contributed by atoms with Gasteiger partial charge in [-0.3, -0.25) is 14.4 Å². The standard InChI is InChI=1S/C37H43N9O3/c1-4-25(2)32-36(48)40-30(23-27-13-7-5-8-14-27)35-39-26(3)42-45(35)22-21-44(20-12-18-31(47)41-32)37(49)33-29-17-11-19-38-34(29)46(43-33)24-28-15-9-6-10-16-28/h5-11,13-17,19,25,30,32H,4,12,18,20-24H2,1-3H3,(H,40,48)(H,41,47)/t25-,30-,32-/m0/s1. The van der Waals surface area contributed by atoms with E-state index in [0.29, 0.717) is 73.8 Å². The summed E-state index contributed by atoms with van der Waals surface area (Å²) >= 11 is 0. The van der Waals surface area contributed by atoms with E-state index in [1.165, 1.54) is 0 Å². The summed E-state index contributed by atoms with van der Waals surface area (Å²) in [5.41, 5.74) is 3.00. The maximum absolute atomic E-state index is 14.4. The predicted octanol–water partition coefficient (Wildman–Crippen LogP) is 4.25. The van der Waals surface area contributed by atoms with E-state index in [2.05, 4.69) is 15.6 Å². The summed E-state index contributed by atoms with van der Waals surface area (Å²) in [6.45, 7) is 7.20. The van der Waals surface area contributed by atoms with Crippen LogP contribution in [-0.2, 0) is 29.1 Å². The Bertz CT molecular complexity index is 1900. The fourth-order valence-electron chi connectivity index (χ4n) is 6.30. The summed E-state index contributed by atoms with van der Waals surface area (Å²) in [7, 11) is 0. The molecule has 254 valence electrons. The molecule has 0 fully saturated rings. The van der Waals surface area contributed by atoms with Gasteiger partial charge in [0.05, 0.1) is 24.5 Å². The Labute approximate surface area is 285 Å². The molecule has 1 aliphatic heterocycles. The highest BCUT2D eigenvalue weighted by atomic mass is 16.2. The quantitative estimate of drug-likeness (QED) is 0.266. The number of nitrogens with zero attached hydrogens (tertiary/aromatic N) is 7. The second-order valence-electron chi connectivity index (χ2n) is 12.7. The molecule has 0 spiro atoms. The minimum absolute atomic E-state index is 0.0974. The van der Waals surface area contributed by atoms with Gasteiger partial charge in [-0.05, 0) is 48.9 Å². The van der Waals surface area contributed by atoms with E-state index < -0.39 is 12.1 Å². The normalized spacial score (nSPS) is 18.3. The number of nitrogens with one attached hydrogen (secondary N) is 2. The van der Waals surface area contributed by atoms with Gasteiger partial charge in [0.15, 0.2) is 11.3 Å². The number of rotatable bonds is 7. The van der Waals surface area contributed by atoms with Crippen LogP contribution >= 0.6 is 0 Å². The topological polar surface area (TPSA) is 140 Å². The minimum Gasteiger partial charge on any atom is -0.344 e. The summed E-state index contributed by atoms with van der Waals surface area (Å²) < 4.78 is 3.56. The van der Waals surface area contributed by atoms with E-state index in [-0.39, 0.29) is 30.1 Å². The number of pyridine rings is 1. The Kier molecular flexibility index (Phi) is 10.4. The summed E-state index contributed by atoms with van der Waals surface area (Å²) in [6.07, 6.45) is 3.46. The lowest BCUT2D eigenvalue weighted by atomic mass is 9.97. The molecule has 0 radical (unpaired) electrons. The van der Waals surface area contributed by atoms with Gasteiger partial charge in [0.1, 0.15) is 17.7 Å². The minimum atomic E-state index is -0.721. The van der Waals surface area contributed by atoms with E-state index in [1.54, 1.807) is 26.5 Å². The molecule has 3 atom stereocenters. The van der Waals surface area contributed by atoms with Gasteiger partial charge in [-0.15, -0.1) is 0 Å². The first kappa shape index (κ1) is 33.5. The molecule has 0 bridgehead atoms. The van der Waals surface area contributed by atoms with Crippen LogP contribution in [0.5, 0.6) is 0 Å². The highest BCUT2D eigenvalue weighted by Crippen LogP contribution is 2.22. The molecule has 0 saturated carbocycles. The number of aryl methyl sites for hydroxylation is 1. The van der Waals surface area contributed by atoms with E-state index in [1.807, 2.05) is 87.5 Å². The van der Waals surface area contributed by atoms with Gasteiger partial charge in [-0.1, -0.05) is 80.9 Å². The number of carbonyl (C=O) groups is 3. The average Bonchev–Trinajstić information content (AvgIpc) is 3.68. The second kappa shape index (κ2) is 15.2. The fourth-order valence-corrected chi connectivity index (χ4v) is 6.30. The molecule has 6 rings (SSSR count). The van der Waals surface area contributed by atoms with Gasteiger partial charge in [0.25, 0.3) is 5.91 Å². The van der Waals surface area contributed by atoms with E-state index in [0.717, 1.165) is 11.1 Å². The van der Waals surface area contributed by atoms with Crippen LogP contribution in [0.3, 0.4) is 0 Å². The van der Waals surface area contributed by atoms with Crippen LogP contribution in [-0.4, -0.2) is 71.3 Å². The third kappa shape index (κ3) is 7.85.